The van der Waals surface area contributed by atoms with Crippen LogP contribution in [0.3, 0.4) is 0 Å². The average molecular weight is 208 g/mol. The van der Waals surface area contributed by atoms with E-state index in [1.54, 1.807) is 0 Å². The van der Waals surface area contributed by atoms with Crippen molar-refractivity contribution >= 4 is 57.9 Å². The number of carbonyl (C=O) groups is 2. The molecule has 0 bridgehead atoms. The first kappa shape index (κ1) is 14.0. The Morgan fingerprint density at radius 3 is 1.55 bits per heavy atom. The summed E-state index contributed by atoms with van der Waals surface area (Å²) in [5.41, 5.74) is 0. The molecule has 0 aromatic heterocycles. The fourth-order valence-corrected chi connectivity index (χ4v) is 0.767. The minimum atomic E-state index is -2.94. The van der Waals surface area contributed by atoms with E-state index in [0.29, 0.717) is 0 Å². The molecule has 0 N–H and O–H groups in total. The molecule has 0 aliphatic carbocycles. The van der Waals surface area contributed by atoms with Crippen LogP contribution < -0.4 is 0 Å². The van der Waals surface area contributed by atoms with Crippen LogP contribution in [0.2, 0.25) is 0 Å². The van der Waals surface area contributed by atoms with Gasteiger partial charge in [0.25, 0.3) is 0 Å². The van der Waals surface area contributed by atoms with Crippen LogP contribution in [0.5, 0.6) is 0 Å². The summed E-state index contributed by atoms with van der Waals surface area (Å²) in [6, 6.07) is 0. The van der Waals surface area contributed by atoms with Gasteiger partial charge in [0.2, 0.25) is 0 Å². The zero-order valence-corrected chi connectivity index (χ0v) is 6.54. The molecule has 0 unspecified atom stereocenters. The zero-order chi connectivity index (χ0) is 8.15. The van der Waals surface area contributed by atoms with Crippen molar-refractivity contribution in [2.75, 3.05) is 0 Å². The van der Waals surface area contributed by atoms with Gasteiger partial charge < -0.3 is 9.05 Å². The second-order valence-corrected chi connectivity index (χ2v) is 2.35. The van der Waals surface area contributed by atoms with Crippen LogP contribution in [0.25, 0.3) is 0 Å². The Morgan fingerprint density at radius 2 is 1.36 bits per heavy atom. The molecule has 0 heterocycles. The molecule has 0 aromatic rings. The fraction of sp³-hybridized carbons (Fsp3) is 0.500. The SMILES string of the molecule is CC(=O)O[PH](=O)OC(C)=O.[CaH2]. The summed E-state index contributed by atoms with van der Waals surface area (Å²) in [7, 11) is -2.94. The molecule has 0 saturated carbocycles. The topological polar surface area (TPSA) is 69.7 Å². The van der Waals surface area contributed by atoms with E-state index >= 15 is 0 Å². The Hall–Kier alpha value is 0.430. The molecule has 0 saturated heterocycles. The van der Waals surface area contributed by atoms with Gasteiger partial charge in [-0.15, -0.1) is 0 Å². The van der Waals surface area contributed by atoms with Crippen LogP contribution >= 0.6 is 8.25 Å². The number of hydrogen-bond donors (Lipinski definition) is 0. The van der Waals surface area contributed by atoms with Crippen LogP contribution in [0.4, 0.5) is 0 Å². The van der Waals surface area contributed by atoms with Crippen molar-refractivity contribution in [2.45, 2.75) is 13.8 Å². The Bertz CT molecular complexity index is 161. The van der Waals surface area contributed by atoms with E-state index in [4.69, 9.17) is 0 Å². The van der Waals surface area contributed by atoms with E-state index in [1.807, 2.05) is 0 Å². The molecular formula is C4H9CaO5P. The summed E-state index contributed by atoms with van der Waals surface area (Å²) >= 11 is 0. The summed E-state index contributed by atoms with van der Waals surface area (Å²) in [4.78, 5) is 20.1. The molecule has 62 valence electrons. The van der Waals surface area contributed by atoms with Gasteiger partial charge in [-0.25, -0.2) is 4.57 Å². The van der Waals surface area contributed by atoms with E-state index in [9.17, 15) is 14.2 Å². The van der Waals surface area contributed by atoms with Gasteiger partial charge >= 0.3 is 57.9 Å². The Labute approximate surface area is 94.4 Å². The summed E-state index contributed by atoms with van der Waals surface area (Å²) in [6.45, 7) is 2.15. The monoisotopic (exact) mass is 208 g/mol. The molecule has 7 heteroatoms. The first-order chi connectivity index (χ1) is 4.52. The van der Waals surface area contributed by atoms with E-state index in [0.717, 1.165) is 13.8 Å². The molecule has 5 nitrogen and oxygen atoms in total. The van der Waals surface area contributed by atoms with Gasteiger partial charge in [-0.2, -0.15) is 0 Å². The standard InChI is InChI=1S/C4H7O5P.Ca.2H/c1-3(5)8-10(7)9-4(2)6;;;/h10H,1-2H3;;;. The molecule has 11 heavy (non-hydrogen) atoms. The molecule has 0 aliphatic heterocycles. The van der Waals surface area contributed by atoms with E-state index in [1.165, 1.54) is 0 Å². The molecular weight excluding hydrogens is 199 g/mol. The van der Waals surface area contributed by atoms with Gasteiger partial charge in [0, 0.05) is 13.8 Å². The van der Waals surface area contributed by atoms with Crippen molar-refractivity contribution in [1.82, 2.24) is 0 Å². The van der Waals surface area contributed by atoms with Gasteiger partial charge in [0.1, 0.15) is 0 Å². The van der Waals surface area contributed by atoms with E-state index < -0.39 is 20.2 Å². The normalized spacial score (nSPS) is 8.27. The van der Waals surface area contributed by atoms with E-state index in [2.05, 4.69) is 9.05 Å². The second-order valence-electron chi connectivity index (χ2n) is 1.44. The van der Waals surface area contributed by atoms with Crippen LogP contribution in [0.15, 0.2) is 0 Å². The zero-order valence-electron chi connectivity index (χ0n) is 5.54. The van der Waals surface area contributed by atoms with Gasteiger partial charge in [0.05, 0.1) is 0 Å². The van der Waals surface area contributed by atoms with Crippen molar-refractivity contribution in [3.63, 3.8) is 0 Å². The Kier molecular flexibility index (Phi) is 9.02. The van der Waals surface area contributed by atoms with Crippen molar-refractivity contribution in [3.8, 4) is 0 Å². The van der Waals surface area contributed by atoms with Gasteiger partial charge in [-0.3, -0.25) is 9.59 Å². The van der Waals surface area contributed by atoms with Gasteiger partial charge in [-0.05, 0) is 0 Å². The third-order valence-electron chi connectivity index (χ3n) is 0.454. The molecule has 0 atom stereocenters. The van der Waals surface area contributed by atoms with Gasteiger partial charge in [0.15, 0.2) is 0 Å². The van der Waals surface area contributed by atoms with Crippen molar-refractivity contribution in [1.29, 1.82) is 0 Å². The second kappa shape index (κ2) is 7.10. The minimum absolute atomic E-state index is 0. The molecule has 0 rings (SSSR count). The van der Waals surface area contributed by atoms with Crippen molar-refractivity contribution in [2.24, 2.45) is 0 Å². The fourth-order valence-electron chi connectivity index (χ4n) is 0.256. The van der Waals surface area contributed by atoms with Crippen LogP contribution in [0.1, 0.15) is 13.8 Å². The van der Waals surface area contributed by atoms with Crippen molar-refractivity contribution in [3.05, 3.63) is 0 Å². The maximum atomic E-state index is 10.4. The summed E-state index contributed by atoms with van der Waals surface area (Å²) < 4.78 is 18.4. The predicted octanol–water partition coefficient (Wildman–Crippen LogP) is -0.414. The maximum absolute atomic E-state index is 10.4. The van der Waals surface area contributed by atoms with Crippen LogP contribution in [-0.2, 0) is 23.2 Å². The molecule has 0 amide bonds. The molecule has 0 aromatic carbocycles. The quantitative estimate of drug-likeness (QED) is 0.455. The Balaban J connectivity index is 0. The third kappa shape index (κ3) is 10.4. The molecule has 0 spiro atoms. The first-order valence-corrected chi connectivity index (χ1v) is 3.65. The van der Waals surface area contributed by atoms with E-state index in [-0.39, 0.29) is 37.7 Å². The predicted molar refractivity (Wildman–Crippen MR) is 41.1 cm³/mol. The number of hydrogen-bond acceptors (Lipinski definition) is 5. The van der Waals surface area contributed by atoms with Crippen molar-refractivity contribution < 1.29 is 23.2 Å². The summed E-state index contributed by atoms with van der Waals surface area (Å²) in [6.07, 6.45) is 0. The third-order valence-corrected chi connectivity index (χ3v) is 1.36. The van der Waals surface area contributed by atoms with Gasteiger partial charge in [-0.1, -0.05) is 0 Å². The summed E-state index contributed by atoms with van der Waals surface area (Å²) in [5, 5.41) is 0. The van der Waals surface area contributed by atoms with Crippen LogP contribution in [-0.4, -0.2) is 49.7 Å². The molecule has 0 fully saturated rings. The average Bonchev–Trinajstić information content (AvgIpc) is 1.58. The molecule has 0 radical (unpaired) electrons. The van der Waals surface area contributed by atoms with Crippen LogP contribution in [0, 0.1) is 0 Å². The Morgan fingerprint density at radius 1 is 1.09 bits per heavy atom. The first-order valence-electron chi connectivity index (χ1n) is 2.43. The number of rotatable bonds is 2. The number of carbonyl (C=O) groups excluding carboxylic acids is 2. The molecule has 0 aliphatic rings. The summed E-state index contributed by atoms with van der Waals surface area (Å²) in [5.74, 6) is -1.46.